The van der Waals surface area contributed by atoms with Crippen molar-refractivity contribution < 1.29 is 14.3 Å². The van der Waals surface area contributed by atoms with E-state index in [0.29, 0.717) is 12.6 Å². The zero-order chi connectivity index (χ0) is 16.8. The third-order valence-electron chi connectivity index (χ3n) is 5.51. The molecule has 1 atom stereocenters. The van der Waals surface area contributed by atoms with Gasteiger partial charge in [0, 0.05) is 18.5 Å². The molecule has 0 aromatic rings. The average molecular weight is 323 g/mol. The topological polar surface area (TPSA) is 46.6 Å². The van der Waals surface area contributed by atoms with Crippen LogP contribution in [0.15, 0.2) is 0 Å². The Morgan fingerprint density at radius 1 is 1.13 bits per heavy atom. The predicted octanol–water partition coefficient (Wildman–Crippen LogP) is 3.78. The molecule has 4 nitrogen and oxygen atoms in total. The molecule has 2 rings (SSSR count). The van der Waals surface area contributed by atoms with Gasteiger partial charge in [-0.05, 0) is 44.4 Å². The quantitative estimate of drug-likeness (QED) is 0.639. The van der Waals surface area contributed by atoms with E-state index >= 15 is 0 Å². The van der Waals surface area contributed by atoms with Crippen molar-refractivity contribution in [2.75, 3.05) is 13.7 Å². The summed E-state index contributed by atoms with van der Waals surface area (Å²) in [7, 11) is 1.42. The van der Waals surface area contributed by atoms with Crippen LogP contribution in [0.4, 0.5) is 0 Å². The molecule has 0 aliphatic heterocycles. The lowest BCUT2D eigenvalue weighted by Gasteiger charge is -2.33. The van der Waals surface area contributed by atoms with Gasteiger partial charge in [0.15, 0.2) is 0 Å². The van der Waals surface area contributed by atoms with Crippen LogP contribution in [0.5, 0.6) is 0 Å². The number of carbonyl (C=O) groups excluding carboxylic acids is 2. The summed E-state index contributed by atoms with van der Waals surface area (Å²) >= 11 is 0. The summed E-state index contributed by atoms with van der Waals surface area (Å²) < 4.78 is 4.81. The van der Waals surface area contributed by atoms with Gasteiger partial charge in [0.25, 0.3) is 0 Å². The van der Waals surface area contributed by atoms with Crippen molar-refractivity contribution in [3.63, 3.8) is 0 Å². The largest absolute Gasteiger partial charge is 0.469 e. The van der Waals surface area contributed by atoms with E-state index in [1.165, 1.54) is 39.2 Å². The predicted molar refractivity (Wildman–Crippen MR) is 90.9 cm³/mol. The number of ether oxygens (including phenoxy) is 1. The number of methoxy groups -OCH3 is 1. The third kappa shape index (κ3) is 5.22. The minimum absolute atomic E-state index is 0.179. The normalized spacial score (nSPS) is 25.7. The number of rotatable bonds is 8. The lowest BCUT2D eigenvalue weighted by Crippen LogP contribution is -2.43. The molecule has 0 N–H and O–H groups in total. The Kier molecular flexibility index (Phi) is 6.91. The van der Waals surface area contributed by atoms with E-state index in [-0.39, 0.29) is 23.7 Å². The van der Waals surface area contributed by atoms with Gasteiger partial charge in [0.2, 0.25) is 5.91 Å². The summed E-state index contributed by atoms with van der Waals surface area (Å²) in [6.45, 7) is 4.62. The molecule has 132 valence electrons. The van der Waals surface area contributed by atoms with Crippen LogP contribution < -0.4 is 0 Å². The summed E-state index contributed by atoms with van der Waals surface area (Å²) in [5, 5.41) is 0. The van der Waals surface area contributed by atoms with Crippen LogP contribution in [0.25, 0.3) is 0 Å². The van der Waals surface area contributed by atoms with Gasteiger partial charge >= 0.3 is 5.97 Å². The van der Waals surface area contributed by atoms with Gasteiger partial charge in [-0.15, -0.1) is 0 Å². The zero-order valence-corrected chi connectivity index (χ0v) is 15.1. The number of amides is 1. The van der Waals surface area contributed by atoms with Gasteiger partial charge in [-0.2, -0.15) is 0 Å². The Bertz CT molecular complexity index is 397. The Morgan fingerprint density at radius 3 is 2.30 bits per heavy atom. The summed E-state index contributed by atoms with van der Waals surface area (Å²) in [6.07, 6.45) is 10.5. The average Bonchev–Trinajstić information content (AvgIpc) is 3.41. The van der Waals surface area contributed by atoms with Gasteiger partial charge in [-0.25, -0.2) is 0 Å². The van der Waals surface area contributed by atoms with E-state index in [9.17, 15) is 9.59 Å². The second-order valence-corrected chi connectivity index (χ2v) is 7.51. The molecule has 4 heteroatoms. The second-order valence-electron chi connectivity index (χ2n) is 7.51. The molecule has 0 saturated heterocycles. The lowest BCUT2D eigenvalue weighted by molar-refractivity contribution is -0.147. The van der Waals surface area contributed by atoms with E-state index in [2.05, 4.69) is 6.92 Å². The van der Waals surface area contributed by atoms with Gasteiger partial charge in [-0.1, -0.05) is 33.1 Å². The third-order valence-corrected chi connectivity index (χ3v) is 5.51. The molecule has 0 bridgehead atoms. The maximum atomic E-state index is 12.9. The van der Waals surface area contributed by atoms with Crippen LogP contribution in [-0.4, -0.2) is 36.5 Å². The molecule has 2 fully saturated rings. The fourth-order valence-electron chi connectivity index (χ4n) is 3.80. The molecule has 0 aromatic carbocycles. The molecule has 23 heavy (non-hydrogen) atoms. The first-order valence-corrected chi connectivity index (χ1v) is 9.45. The van der Waals surface area contributed by atoms with Gasteiger partial charge in [-0.3, -0.25) is 9.59 Å². The fraction of sp³-hybridized carbons (Fsp3) is 0.895. The summed E-state index contributed by atoms with van der Waals surface area (Å²) in [5.41, 5.74) is 0. The molecule has 1 unspecified atom stereocenters. The molecule has 2 aliphatic rings. The van der Waals surface area contributed by atoms with Crippen molar-refractivity contribution in [1.82, 2.24) is 4.90 Å². The minimum atomic E-state index is -0.231. The Balaban J connectivity index is 1.85. The van der Waals surface area contributed by atoms with Crippen LogP contribution in [0.1, 0.15) is 71.6 Å². The monoisotopic (exact) mass is 323 g/mol. The highest BCUT2D eigenvalue weighted by molar-refractivity contribution is 5.80. The van der Waals surface area contributed by atoms with Crippen LogP contribution in [0.3, 0.4) is 0 Å². The number of carbonyl (C=O) groups is 2. The number of hydrogen-bond donors (Lipinski definition) is 0. The Hall–Kier alpha value is -1.06. The highest BCUT2D eigenvalue weighted by atomic mass is 16.5. The standard InChI is InChI=1S/C19H33NO3/c1-4-5-6-15-7-9-16(10-8-15)18(21)20(17-11-12-17)13-14(2)19(22)23-3/h14-17H,4-13H2,1-3H3. The molecule has 0 radical (unpaired) electrons. The van der Waals surface area contributed by atoms with Crippen LogP contribution in [-0.2, 0) is 14.3 Å². The van der Waals surface area contributed by atoms with E-state index in [1.54, 1.807) is 0 Å². The van der Waals surface area contributed by atoms with E-state index in [4.69, 9.17) is 4.74 Å². The number of esters is 1. The number of unbranched alkanes of at least 4 members (excludes halogenated alkanes) is 1. The first-order chi connectivity index (χ1) is 11.1. The molecular weight excluding hydrogens is 290 g/mol. The lowest BCUT2D eigenvalue weighted by atomic mass is 9.79. The van der Waals surface area contributed by atoms with Crippen molar-refractivity contribution >= 4 is 11.9 Å². The summed E-state index contributed by atoms with van der Waals surface area (Å²) in [6, 6.07) is 0.368. The SMILES string of the molecule is CCCCC1CCC(C(=O)N(CC(C)C(=O)OC)C2CC2)CC1. The molecule has 0 heterocycles. The first-order valence-electron chi connectivity index (χ1n) is 9.45. The van der Waals surface area contributed by atoms with Gasteiger partial charge in [0.1, 0.15) is 0 Å². The molecular formula is C19H33NO3. The smallest absolute Gasteiger partial charge is 0.310 e. The molecule has 0 aromatic heterocycles. The highest BCUT2D eigenvalue weighted by Gasteiger charge is 2.38. The molecule has 0 spiro atoms. The number of hydrogen-bond acceptors (Lipinski definition) is 3. The minimum Gasteiger partial charge on any atom is -0.469 e. The molecule has 1 amide bonds. The zero-order valence-electron chi connectivity index (χ0n) is 15.1. The molecule has 2 saturated carbocycles. The van der Waals surface area contributed by atoms with Gasteiger partial charge < -0.3 is 9.64 Å². The van der Waals surface area contributed by atoms with Crippen LogP contribution >= 0.6 is 0 Å². The van der Waals surface area contributed by atoms with Crippen molar-refractivity contribution in [2.45, 2.75) is 77.7 Å². The van der Waals surface area contributed by atoms with E-state index < -0.39 is 0 Å². The Labute approximate surface area is 140 Å². The van der Waals surface area contributed by atoms with Crippen molar-refractivity contribution in [3.8, 4) is 0 Å². The second kappa shape index (κ2) is 8.70. The maximum absolute atomic E-state index is 12.9. The van der Waals surface area contributed by atoms with Gasteiger partial charge in [0.05, 0.1) is 13.0 Å². The van der Waals surface area contributed by atoms with E-state index in [0.717, 1.165) is 31.6 Å². The van der Waals surface area contributed by atoms with Crippen molar-refractivity contribution in [2.24, 2.45) is 17.8 Å². The van der Waals surface area contributed by atoms with Crippen LogP contribution in [0.2, 0.25) is 0 Å². The maximum Gasteiger partial charge on any atom is 0.310 e. The fourth-order valence-corrected chi connectivity index (χ4v) is 3.80. The summed E-state index contributed by atoms with van der Waals surface area (Å²) in [4.78, 5) is 26.6. The molecule has 2 aliphatic carbocycles. The summed E-state index contributed by atoms with van der Waals surface area (Å²) in [5.74, 6) is 0.843. The number of nitrogens with zero attached hydrogens (tertiary/aromatic N) is 1. The Morgan fingerprint density at radius 2 is 1.78 bits per heavy atom. The van der Waals surface area contributed by atoms with Crippen LogP contribution in [0, 0.1) is 17.8 Å². The van der Waals surface area contributed by atoms with Crippen molar-refractivity contribution in [3.05, 3.63) is 0 Å². The van der Waals surface area contributed by atoms with E-state index in [1.807, 2.05) is 11.8 Å². The highest BCUT2D eigenvalue weighted by Crippen LogP contribution is 2.36. The first kappa shape index (κ1) is 18.3. The van der Waals surface area contributed by atoms with Crippen molar-refractivity contribution in [1.29, 1.82) is 0 Å².